The predicted molar refractivity (Wildman–Crippen MR) is 54.9 cm³/mol. The molecule has 2 aromatic rings. The Bertz CT molecular complexity index is 561. The zero-order valence-corrected chi connectivity index (χ0v) is 8.45. The molecule has 0 saturated heterocycles. The smallest absolute Gasteiger partial charge is 0.194 e. The van der Waals surface area contributed by atoms with Crippen molar-refractivity contribution in [3.8, 4) is 11.1 Å². The van der Waals surface area contributed by atoms with E-state index in [0.717, 1.165) is 12.1 Å². The fourth-order valence-corrected chi connectivity index (χ4v) is 1.40. The maximum absolute atomic E-state index is 13.0. The third-order valence-corrected chi connectivity index (χ3v) is 2.21. The van der Waals surface area contributed by atoms with Crippen molar-refractivity contribution in [2.24, 2.45) is 0 Å². The minimum atomic E-state index is -1.52. The van der Waals surface area contributed by atoms with E-state index in [1.165, 1.54) is 18.5 Å². The van der Waals surface area contributed by atoms with Gasteiger partial charge in [0.25, 0.3) is 0 Å². The number of carbonyl (C=O) groups is 1. The van der Waals surface area contributed by atoms with Gasteiger partial charge < -0.3 is 0 Å². The number of benzene rings is 1. The van der Waals surface area contributed by atoms with Crippen LogP contribution in [0.5, 0.6) is 0 Å². The molecule has 5 heteroatoms. The van der Waals surface area contributed by atoms with Gasteiger partial charge in [0.15, 0.2) is 23.7 Å². The van der Waals surface area contributed by atoms with Crippen LogP contribution in [0.25, 0.3) is 11.1 Å². The van der Waals surface area contributed by atoms with Gasteiger partial charge in [-0.25, -0.2) is 13.2 Å². The summed E-state index contributed by atoms with van der Waals surface area (Å²) < 4.78 is 38.8. The molecule has 0 fully saturated rings. The van der Waals surface area contributed by atoms with Gasteiger partial charge in [-0.2, -0.15) is 0 Å². The second kappa shape index (κ2) is 4.37. The van der Waals surface area contributed by atoms with Gasteiger partial charge in [-0.05, 0) is 23.8 Å². The standard InChI is InChI=1S/C12H6F3NO/c13-10-2-8(3-11(14)12(10)15)9-1-7(6-17)4-16-5-9/h1-6H. The molecule has 2 nitrogen and oxygen atoms in total. The van der Waals surface area contributed by atoms with Gasteiger partial charge in [0.05, 0.1) is 0 Å². The molecule has 0 saturated carbocycles. The third-order valence-electron chi connectivity index (χ3n) is 2.21. The van der Waals surface area contributed by atoms with Crippen LogP contribution in [-0.2, 0) is 0 Å². The SMILES string of the molecule is O=Cc1cncc(-c2cc(F)c(F)c(F)c2)c1. The molecule has 0 atom stereocenters. The predicted octanol–water partition coefficient (Wildman–Crippen LogP) is 2.98. The van der Waals surface area contributed by atoms with Crippen molar-refractivity contribution in [3.05, 3.63) is 53.6 Å². The van der Waals surface area contributed by atoms with Crippen LogP contribution >= 0.6 is 0 Å². The van der Waals surface area contributed by atoms with Crippen LogP contribution in [0.15, 0.2) is 30.6 Å². The first-order valence-corrected chi connectivity index (χ1v) is 4.67. The molecule has 0 N–H and O–H groups in total. The lowest BCUT2D eigenvalue weighted by Crippen LogP contribution is -1.93. The summed E-state index contributed by atoms with van der Waals surface area (Å²) >= 11 is 0. The fourth-order valence-electron chi connectivity index (χ4n) is 1.40. The van der Waals surface area contributed by atoms with Crippen LogP contribution in [0.4, 0.5) is 13.2 Å². The molecule has 0 radical (unpaired) electrons. The molecule has 0 aliphatic carbocycles. The van der Waals surface area contributed by atoms with Crippen LogP contribution in [0.1, 0.15) is 10.4 Å². The number of aldehydes is 1. The summed E-state index contributed by atoms with van der Waals surface area (Å²) in [6, 6.07) is 3.11. The molecule has 0 bridgehead atoms. The van der Waals surface area contributed by atoms with Crippen molar-refractivity contribution in [1.29, 1.82) is 0 Å². The maximum atomic E-state index is 13.0. The van der Waals surface area contributed by atoms with E-state index in [-0.39, 0.29) is 11.1 Å². The Balaban J connectivity index is 2.56. The quantitative estimate of drug-likeness (QED) is 0.593. The molecule has 0 unspecified atom stereocenters. The van der Waals surface area contributed by atoms with E-state index in [4.69, 9.17) is 0 Å². The second-order valence-corrected chi connectivity index (χ2v) is 3.38. The van der Waals surface area contributed by atoms with Gasteiger partial charge in [-0.1, -0.05) is 0 Å². The first-order valence-electron chi connectivity index (χ1n) is 4.67. The van der Waals surface area contributed by atoms with Gasteiger partial charge in [-0.3, -0.25) is 9.78 Å². The van der Waals surface area contributed by atoms with Crippen LogP contribution in [0.2, 0.25) is 0 Å². The van der Waals surface area contributed by atoms with Crippen molar-refractivity contribution in [3.63, 3.8) is 0 Å². The fraction of sp³-hybridized carbons (Fsp3) is 0. The van der Waals surface area contributed by atoms with Gasteiger partial charge in [0.1, 0.15) is 0 Å². The molecule has 0 spiro atoms. The Hall–Kier alpha value is -2.17. The lowest BCUT2D eigenvalue weighted by molar-refractivity contribution is 0.112. The molecule has 17 heavy (non-hydrogen) atoms. The van der Waals surface area contributed by atoms with Crippen LogP contribution < -0.4 is 0 Å². The molecular formula is C12H6F3NO. The normalized spacial score (nSPS) is 10.3. The van der Waals surface area contributed by atoms with Crippen molar-refractivity contribution >= 4 is 6.29 Å². The van der Waals surface area contributed by atoms with E-state index in [2.05, 4.69) is 4.98 Å². The molecule has 1 aromatic heterocycles. The largest absolute Gasteiger partial charge is 0.298 e. The summed E-state index contributed by atoms with van der Waals surface area (Å²) in [7, 11) is 0. The molecule has 0 aliphatic heterocycles. The number of hydrogen-bond donors (Lipinski definition) is 0. The maximum Gasteiger partial charge on any atom is 0.194 e. The topological polar surface area (TPSA) is 30.0 Å². The number of nitrogens with zero attached hydrogens (tertiary/aromatic N) is 1. The van der Waals surface area contributed by atoms with Gasteiger partial charge in [0.2, 0.25) is 0 Å². The highest BCUT2D eigenvalue weighted by Crippen LogP contribution is 2.23. The molecular weight excluding hydrogens is 231 g/mol. The first kappa shape index (κ1) is 11.3. The summed E-state index contributed by atoms with van der Waals surface area (Å²) in [4.78, 5) is 14.3. The Kier molecular flexibility index (Phi) is 2.91. The Morgan fingerprint density at radius 2 is 1.59 bits per heavy atom. The minimum absolute atomic E-state index is 0.123. The monoisotopic (exact) mass is 237 g/mol. The number of hydrogen-bond acceptors (Lipinski definition) is 2. The first-order chi connectivity index (χ1) is 8.11. The third kappa shape index (κ3) is 2.18. The van der Waals surface area contributed by atoms with E-state index in [0.29, 0.717) is 11.8 Å². The van der Waals surface area contributed by atoms with Crippen LogP contribution in [0, 0.1) is 17.5 Å². The molecule has 86 valence electrons. The van der Waals surface area contributed by atoms with Crippen molar-refractivity contribution in [1.82, 2.24) is 4.98 Å². The average molecular weight is 237 g/mol. The van der Waals surface area contributed by atoms with Gasteiger partial charge in [-0.15, -0.1) is 0 Å². The molecule has 0 amide bonds. The Morgan fingerprint density at radius 3 is 2.18 bits per heavy atom. The summed E-state index contributed by atoms with van der Waals surface area (Å²) in [6.45, 7) is 0. The summed E-state index contributed by atoms with van der Waals surface area (Å²) in [6.07, 6.45) is 3.21. The number of halogens is 3. The summed E-state index contributed by atoms with van der Waals surface area (Å²) in [5, 5.41) is 0. The zero-order chi connectivity index (χ0) is 12.4. The number of aromatic nitrogens is 1. The molecule has 2 rings (SSSR count). The minimum Gasteiger partial charge on any atom is -0.298 e. The molecule has 1 aromatic carbocycles. The van der Waals surface area contributed by atoms with E-state index in [1.807, 2.05) is 0 Å². The average Bonchev–Trinajstić information content (AvgIpc) is 2.35. The highest BCUT2D eigenvalue weighted by Gasteiger charge is 2.11. The van der Waals surface area contributed by atoms with Crippen molar-refractivity contribution in [2.75, 3.05) is 0 Å². The Morgan fingerprint density at radius 1 is 0.941 bits per heavy atom. The summed E-state index contributed by atoms with van der Waals surface area (Å²) in [5.41, 5.74) is 0.734. The van der Waals surface area contributed by atoms with Gasteiger partial charge >= 0.3 is 0 Å². The highest BCUT2D eigenvalue weighted by molar-refractivity contribution is 5.77. The lowest BCUT2D eigenvalue weighted by atomic mass is 10.1. The lowest BCUT2D eigenvalue weighted by Gasteiger charge is -2.03. The van der Waals surface area contributed by atoms with Crippen LogP contribution in [0.3, 0.4) is 0 Å². The molecule has 0 aliphatic rings. The molecule has 1 heterocycles. The van der Waals surface area contributed by atoms with E-state index in [9.17, 15) is 18.0 Å². The van der Waals surface area contributed by atoms with E-state index in [1.54, 1.807) is 0 Å². The van der Waals surface area contributed by atoms with Gasteiger partial charge in [0, 0.05) is 23.5 Å². The van der Waals surface area contributed by atoms with E-state index < -0.39 is 17.5 Å². The number of rotatable bonds is 2. The van der Waals surface area contributed by atoms with Crippen molar-refractivity contribution < 1.29 is 18.0 Å². The Labute approximate surface area is 94.7 Å². The van der Waals surface area contributed by atoms with E-state index >= 15 is 0 Å². The zero-order valence-electron chi connectivity index (χ0n) is 8.45. The number of pyridine rings is 1. The van der Waals surface area contributed by atoms with Crippen molar-refractivity contribution in [2.45, 2.75) is 0 Å². The highest BCUT2D eigenvalue weighted by atomic mass is 19.2. The second-order valence-electron chi connectivity index (χ2n) is 3.38. The number of carbonyl (C=O) groups excluding carboxylic acids is 1. The summed E-state index contributed by atoms with van der Waals surface area (Å²) in [5.74, 6) is -4.08. The van der Waals surface area contributed by atoms with Crippen LogP contribution in [-0.4, -0.2) is 11.3 Å².